The van der Waals surface area contributed by atoms with Crippen molar-refractivity contribution in [1.29, 1.82) is 0 Å². The van der Waals surface area contributed by atoms with Crippen LogP contribution in [0.2, 0.25) is 0 Å². The van der Waals surface area contributed by atoms with Crippen molar-refractivity contribution in [3.63, 3.8) is 0 Å². The lowest BCUT2D eigenvalue weighted by Gasteiger charge is -2.02. The Hall–Kier alpha value is -0.570. The molecule has 0 amide bonds. The largest absolute Gasteiger partial charge is 0.481 e. The van der Waals surface area contributed by atoms with Gasteiger partial charge in [-0.2, -0.15) is 0 Å². The molecule has 0 bridgehead atoms. The van der Waals surface area contributed by atoms with Crippen molar-refractivity contribution in [1.82, 2.24) is 5.32 Å². The maximum Gasteiger partial charge on any atom is 0.303 e. The van der Waals surface area contributed by atoms with Gasteiger partial charge in [-0.3, -0.25) is 4.79 Å². The first kappa shape index (κ1) is 11.5. The van der Waals surface area contributed by atoms with E-state index in [1.54, 1.807) is 0 Å². The Bertz CT molecular complexity index is 167. The van der Waals surface area contributed by atoms with E-state index in [1.165, 1.54) is 19.3 Å². The molecule has 1 rings (SSSR count). The topological polar surface area (TPSA) is 49.3 Å². The minimum absolute atomic E-state index is 0.322. The number of carboxylic acids is 1. The maximum absolute atomic E-state index is 10.2. The number of hydrogen-bond acceptors (Lipinski definition) is 2. The highest BCUT2D eigenvalue weighted by molar-refractivity contribution is 5.66. The highest BCUT2D eigenvalue weighted by atomic mass is 16.4. The maximum atomic E-state index is 10.2. The molecule has 1 aliphatic carbocycles. The minimum Gasteiger partial charge on any atom is -0.481 e. The summed E-state index contributed by atoms with van der Waals surface area (Å²) in [6.07, 6.45) is 7.47. The fourth-order valence-electron chi connectivity index (χ4n) is 1.54. The summed E-state index contributed by atoms with van der Waals surface area (Å²) >= 11 is 0. The molecule has 82 valence electrons. The van der Waals surface area contributed by atoms with Gasteiger partial charge >= 0.3 is 5.97 Å². The predicted molar refractivity (Wildman–Crippen MR) is 56.3 cm³/mol. The van der Waals surface area contributed by atoms with Crippen LogP contribution in [0.3, 0.4) is 0 Å². The van der Waals surface area contributed by atoms with Crippen molar-refractivity contribution >= 4 is 5.97 Å². The third kappa shape index (κ3) is 6.89. The quantitative estimate of drug-likeness (QED) is 0.558. The van der Waals surface area contributed by atoms with Gasteiger partial charge in [-0.1, -0.05) is 19.3 Å². The molecule has 0 aromatic carbocycles. The first-order valence-electron chi connectivity index (χ1n) is 5.71. The Kier molecular flexibility index (Phi) is 5.60. The van der Waals surface area contributed by atoms with Gasteiger partial charge in [0.2, 0.25) is 0 Å². The Labute approximate surface area is 85.9 Å². The van der Waals surface area contributed by atoms with E-state index < -0.39 is 5.97 Å². The molecule has 14 heavy (non-hydrogen) atoms. The van der Waals surface area contributed by atoms with Crippen LogP contribution in [0.25, 0.3) is 0 Å². The van der Waals surface area contributed by atoms with Gasteiger partial charge < -0.3 is 10.4 Å². The molecule has 3 heteroatoms. The van der Waals surface area contributed by atoms with E-state index in [0.29, 0.717) is 6.42 Å². The van der Waals surface area contributed by atoms with Gasteiger partial charge in [0.1, 0.15) is 0 Å². The van der Waals surface area contributed by atoms with E-state index in [2.05, 4.69) is 5.32 Å². The summed E-state index contributed by atoms with van der Waals surface area (Å²) in [5.74, 6) is 0.334. The van der Waals surface area contributed by atoms with Crippen molar-refractivity contribution in [2.45, 2.75) is 44.9 Å². The molecule has 0 aromatic heterocycles. The van der Waals surface area contributed by atoms with Crippen molar-refractivity contribution in [2.24, 2.45) is 5.92 Å². The fraction of sp³-hybridized carbons (Fsp3) is 0.909. The van der Waals surface area contributed by atoms with Gasteiger partial charge in [-0.25, -0.2) is 0 Å². The zero-order chi connectivity index (χ0) is 10.2. The normalized spacial score (nSPS) is 15.7. The first-order chi connectivity index (χ1) is 6.79. The van der Waals surface area contributed by atoms with Crippen LogP contribution in [0.15, 0.2) is 0 Å². The van der Waals surface area contributed by atoms with E-state index in [1.807, 2.05) is 0 Å². The summed E-state index contributed by atoms with van der Waals surface area (Å²) in [7, 11) is 0. The zero-order valence-corrected chi connectivity index (χ0v) is 8.80. The van der Waals surface area contributed by atoms with Gasteiger partial charge in [0.05, 0.1) is 0 Å². The molecule has 0 radical (unpaired) electrons. The molecule has 0 spiro atoms. The van der Waals surface area contributed by atoms with Crippen molar-refractivity contribution in [3.05, 3.63) is 0 Å². The minimum atomic E-state index is -0.674. The van der Waals surface area contributed by atoms with Gasteiger partial charge in [-0.15, -0.1) is 0 Å². The molecule has 0 atom stereocenters. The monoisotopic (exact) mass is 199 g/mol. The molecule has 0 unspecified atom stereocenters. The molecular weight excluding hydrogens is 178 g/mol. The predicted octanol–water partition coefficient (Wildman–Crippen LogP) is 2.02. The second-order valence-corrected chi connectivity index (χ2v) is 4.19. The zero-order valence-electron chi connectivity index (χ0n) is 8.80. The number of carbonyl (C=O) groups is 1. The number of rotatable bonds is 9. The third-order valence-electron chi connectivity index (χ3n) is 2.67. The lowest BCUT2D eigenvalue weighted by molar-refractivity contribution is -0.137. The van der Waals surface area contributed by atoms with Gasteiger partial charge in [0, 0.05) is 6.42 Å². The third-order valence-corrected chi connectivity index (χ3v) is 2.67. The average molecular weight is 199 g/mol. The van der Waals surface area contributed by atoms with Crippen LogP contribution < -0.4 is 5.32 Å². The van der Waals surface area contributed by atoms with Crippen LogP contribution in [0.4, 0.5) is 0 Å². The Morgan fingerprint density at radius 1 is 1.21 bits per heavy atom. The van der Waals surface area contributed by atoms with Crippen LogP contribution in [0.5, 0.6) is 0 Å². The average Bonchev–Trinajstić information content (AvgIpc) is 2.92. The molecule has 0 saturated heterocycles. The molecule has 0 heterocycles. The van der Waals surface area contributed by atoms with E-state index in [-0.39, 0.29) is 0 Å². The highest BCUT2D eigenvalue weighted by Gasteiger charge is 2.19. The summed E-state index contributed by atoms with van der Waals surface area (Å²) in [6, 6.07) is 0. The fourth-order valence-corrected chi connectivity index (χ4v) is 1.54. The van der Waals surface area contributed by atoms with Crippen LogP contribution >= 0.6 is 0 Å². The van der Waals surface area contributed by atoms with Crippen molar-refractivity contribution in [3.8, 4) is 0 Å². The standard InChI is InChI=1S/C11H21NO2/c13-11(14)4-2-1-3-8-12-9-7-10-5-6-10/h10,12H,1-9H2,(H,13,14). The number of carboxylic acid groups (broad SMARTS) is 1. The summed E-state index contributed by atoms with van der Waals surface area (Å²) < 4.78 is 0. The van der Waals surface area contributed by atoms with Crippen molar-refractivity contribution in [2.75, 3.05) is 13.1 Å². The van der Waals surface area contributed by atoms with E-state index in [4.69, 9.17) is 5.11 Å². The van der Waals surface area contributed by atoms with Gasteiger partial charge in [-0.05, 0) is 38.3 Å². The SMILES string of the molecule is O=C(O)CCCCCNCCC1CC1. The van der Waals surface area contributed by atoms with Gasteiger partial charge in [0.25, 0.3) is 0 Å². The Balaban J connectivity index is 1.68. The smallest absolute Gasteiger partial charge is 0.303 e. The Morgan fingerprint density at radius 2 is 2.00 bits per heavy atom. The van der Waals surface area contributed by atoms with Crippen LogP contribution in [0, 0.1) is 5.92 Å². The number of aliphatic carboxylic acids is 1. The Morgan fingerprint density at radius 3 is 2.64 bits per heavy atom. The molecule has 0 aromatic rings. The number of hydrogen-bond donors (Lipinski definition) is 2. The molecule has 3 nitrogen and oxygen atoms in total. The summed E-state index contributed by atoms with van der Waals surface area (Å²) in [6.45, 7) is 2.19. The van der Waals surface area contributed by atoms with Crippen LogP contribution in [0.1, 0.15) is 44.9 Å². The number of nitrogens with one attached hydrogen (secondary N) is 1. The summed E-state index contributed by atoms with van der Waals surface area (Å²) in [5, 5.41) is 11.8. The number of unbranched alkanes of at least 4 members (excludes halogenated alkanes) is 2. The lowest BCUT2D eigenvalue weighted by Crippen LogP contribution is -2.17. The summed E-state index contributed by atoms with van der Waals surface area (Å²) in [4.78, 5) is 10.2. The highest BCUT2D eigenvalue weighted by Crippen LogP contribution is 2.31. The molecule has 2 N–H and O–H groups in total. The van der Waals surface area contributed by atoms with E-state index >= 15 is 0 Å². The van der Waals surface area contributed by atoms with Crippen LogP contribution in [-0.4, -0.2) is 24.2 Å². The van der Waals surface area contributed by atoms with Crippen molar-refractivity contribution < 1.29 is 9.90 Å². The second-order valence-electron chi connectivity index (χ2n) is 4.19. The molecule has 1 aliphatic rings. The van der Waals surface area contributed by atoms with E-state index in [0.717, 1.165) is 38.3 Å². The first-order valence-corrected chi connectivity index (χ1v) is 5.71. The summed E-state index contributed by atoms with van der Waals surface area (Å²) in [5.41, 5.74) is 0. The van der Waals surface area contributed by atoms with Gasteiger partial charge in [0.15, 0.2) is 0 Å². The molecule has 0 aliphatic heterocycles. The lowest BCUT2D eigenvalue weighted by atomic mass is 10.2. The molecule has 1 fully saturated rings. The second kappa shape index (κ2) is 6.82. The van der Waals surface area contributed by atoms with E-state index in [9.17, 15) is 4.79 Å². The van der Waals surface area contributed by atoms with Crippen LogP contribution in [-0.2, 0) is 4.79 Å². The molecule has 1 saturated carbocycles. The molecular formula is C11H21NO2.